The average molecular weight is 256 g/mol. The molecule has 0 atom stereocenters. The molecular formula is C11H15OP3. The lowest BCUT2D eigenvalue weighted by Crippen LogP contribution is -2.49. The number of carbonyl (C=O) groups excluding carboxylic acids is 1. The molecule has 0 radical (unpaired) electrons. The van der Waals surface area contributed by atoms with Gasteiger partial charge in [-0.2, -0.15) is 0 Å². The molecule has 0 amide bonds. The number of rotatable bonds is 2. The SMILES string of the molecule is O=C(P1P=P1)C12CC3CC(CC(C3)C1)C2. The van der Waals surface area contributed by atoms with Gasteiger partial charge in [-0.3, -0.25) is 4.79 Å². The highest BCUT2D eigenvalue weighted by molar-refractivity contribution is 8.84. The van der Waals surface area contributed by atoms with Crippen LogP contribution < -0.4 is 0 Å². The smallest absolute Gasteiger partial charge is 0.178 e. The van der Waals surface area contributed by atoms with E-state index in [-0.39, 0.29) is 12.7 Å². The van der Waals surface area contributed by atoms with Crippen molar-refractivity contribution in [2.75, 3.05) is 0 Å². The number of hydrogen-bond donors (Lipinski definition) is 0. The Kier molecular flexibility index (Phi) is 2.02. The zero-order chi connectivity index (χ0) is 10.0. The summed E-state index contributed by atoms with van der Waals surface area (Å²) in [4.78, 5) is 12.5. The van der Waals surface area contributed by atoms with Crippen LogP contribution >= 0.6 is 22.4 Å². The predicted molar refractivity (Wildman–Crippen MR) is 66.4 cm³/mol. The molecule has 5 aliphatic rings. The van der Waals surface area contributed by atoms with Crippen molar-refractivity contribution in [2.45, 2.75) is 38.5 Å². The Bertz CT molecular complexity index is 322. The molecule has 0 spiro atoms. The molecule has 1 heterocycles. The average Bonchev–Trinajstić information content (AvgIpc) is 2.97. The summed E-state index contributed by atoms with van der Waals surface area (Å²) in [5.41, 5.74) is 0.955. The highest BCUT2D eigenvalue weighted by Gasteiger charge is 2.56. The van der Waals surface area contributed by atoms with E-state index >= 15 is 0 Å². The second-order valence-corrected chi connectivity index (χ2v) is 15.0. The summed E-state index contributed by atoms with van der Waals surface area (Å²) in [6.45, 7) is 0. The monoisotopic (exact) mass is 256 g/mol. The van der Waals surface area contributed by atoms with E-state index in [1.165, 1.54) is 53.6 Å². The fourth-order valence-electron chi connectivity index (χ4n) is 4.69. The minimum atomic E-state index is -0.167. The third-order valence-electron chi connectivity index (χ3n) is 4.85. The second-order valence-electron chi connectivity index (χ2n) is 5.97. The summed E-state index contributed by atoms with van der Waals surface area (Å²) < 4.78 is 0. The Hall–Kier alpha value is 0.700. The topological polar surface area (TPSA) is 17.1 Å². The van der Waals surface area contributed by atoms with Crippen LogP contribution in [0.15, 0.2) is 0 Å². The molecule has 80 valence electrons. The molecular weight excluding hydrogens is 241 g/mol. The molecule has 0 aromatic heterocycles. The molecule has 4 bridgehead atoms. The second kappa shape index (κ2) is 3.13. The highest BCUT2D eigenvalue weighted by atomic mass is 32.8. The van der Waals surface area contributed by atoms with Gasteiger partial charge in [0, 0.05) is 5.41 Å². The van der Waals surface area contributed by atoms with Gasteiger partial charge in [0.05, 0.1) is 7.30 Å². The van der Waals surface area contributed by atoms with Crippen LogP contribution in [0.25, 0.3) is 0 Å². The minimum absolute atomic E-state index is 0.167. The van der Waals surface area contributed by atoms with Crippen molar-refractivity contribution in [1.29, 1.82) is 0 Å². The summed E-state index contributed by atoms with van der Waals surface area (Å²) in [6.07, 6.45) is 8.21. The fraction of sp³-hybridized carbons (Fsp3) is 0.909. The van der Waals surface area contributed by atoms with Crippen LogP contribution in [0.3, 0.4) is 0 Å². The van der Waals surface area contributed by atoms with Gasteiger partial charge in [-0.15, -0.1) is 0 Å². The van der Waals surface area contributed by atoms with E-state index in [1.54, 1.807) is 0 Å². The van der Waals surface area contributed by atoms with E-state index in [9.17, 15) is 4.79 Å². The summed E-state index contributed by atoms with van der Waals surface area (Å²) in [5, 5.41) is 0. The van der Waals surface area contributed by atoms with Crippen LogP contribution in [0.1, 0.15) is 38.5 Å². The van der Waals surface area contributed by atoms with Gasteiger partial charge in [0.25, 0.3) is 0 Å². The molecule has 0 aromatic carbocycles. The molecule has 15 heavy (non-hydrogen) atoms. The van der Waals surface area contributed by atoms with E-state index in [0.29, 0.717) is 0 Å². The Morgan fingerprint density at radius 1 is 1.00 bits per heavy atom. The molecule has 4 saturated carbocycles. The molecule has 5 rings (SSSR count). The van der Waals surface area contributed by atoms with E-state index < -0.39 is 0 Å². The largest absolute Gasteiger partial charge is 0.292 e. The lowest BCUT2D eigenvalue weighted by molar-refractivity contribution is -0.134. The molecule has 1 aliphatic heterocycles. The van der Waals surface area contributed by atoms with Crippen LogP contribution in [-0.2, 0) is 4.79 Å². The molecule has 0 saturated heterocycles. The van der Waals surface area contributed by atoms with Gasteiger partial charge in [-0.25, -0.2) is 0 Å². The van der Waals surface area contributed by atoms with Crippen molar-refractivity contribution in [3.63, 3.8) is 0 Å². The van der Waals surface area contributed by atoms with Crippen LogP contribution in [0.5, 0.6) is 0 Å². The van der Waals surface area contributed by atoms with Gasteiger partial charge >= 0.3 is 0 Å². The molecule has 0 N–H and O–H groups in total. The zero-order valence-electron chi connectivity index (χ0n) is 8.72. The van der Waals surface area contributed by atoms with Gasteiger partial charge in [0.2, 0.25) is 0 Å². The van der Waals surface area contributed by atoms with Gasteiger partial charge in [-0.05, 0) is 71.4 Å². The molecule has 0 unspecified atom stereocenters. The van der Waals surface area contributed by atoms with Crippen molar-refractivity contribution in [3.8, 4) is 0 Å². The Morgan fingerprint density at radius 2 is 1.47 bits per heavy atom. The Morgan fingerprint density at radius 3 is 1.87 bits per heavy atom. The van der Waals surface area contributed by atoms with Crippen LogP contribution in [0.4, 0.5) is 0 Å². The highest BCUT2D eigenvalue weighted by Crippen LogP contribution is 2.86. The fourth-order valence-corrected chi connectivity index (χ4v) is 10.4. The molecule has 1 nitrogen and oxygen atoms in total. The van der Waals surface area contributed by atoms with Crippen LogP contribution in [-0.4, -0.2) is 5.52 Å². The maximum Gasteiger partial charge on any atom is 0.178 e. The van der Waals surface area contributed by atoms with Gasteiger partial charge in [0.15, 0.2) is 5.52 Å². The normalized spacial score (nSPS) is 56.8. The molecule has 4 heteroatoms. The summed E-state index contributed by atoms with van der Waals surface area (Å²) in [5.74, 6) is 2.80. The van der Waals surface area contributed by atoms with Crippen molar-refractivity contribution in [3.05, 3.63) is 0 Å². The van der Waals surface area contributed by atoms with Crippen LogP contribution in [0.2, 0.25) is 0 Å². The summed E-state index contributed by atoms with van der Waals surface area (Å²) >= 11 is 0. The van der Waals surface area contributed by atoms with Crippen molar-refractivity contribution < 1.29 is 4.79 Å². The molecule has 0 aromatic rings. The standard InChI is InChI=1S/C11H15OP3/c12-10(15-13-14-15)11-4-7-1-8(5-11)3-9(2-7)6-11/h7-9H,1-6H2. The van der Waals surface area contributed by atoms with Gasteiger partial charge in [0.1, 0.15) is 0 Å². The third kappa shape index (κ3) is 1.43. The lowest BCUT2D eigenvalue weighted by Gasteiger charge is -2.55. The first kappa shape index (κ1) is 9.70. The van der Waals surface area contributed by atoms with Gasteiger partial charge in [-0.1, -0.05) is 0 Å². The van der Waals surface area contributed by atoms with Crippen molar-refractivity contribution >= 4 is 27.9 Å². The van der Waals surface area contributed by atoms with E-state index in [1.807, 2.05) is 0 Å². The van der Waals surface area contributed by atoms with E-state index in [0.717, 1.165) is 23.3 Å². The Balaban J connectivity index is 1.67. The number of hydrogen-bond acceptors (Lipinski definition) is 1. The molecule has 4 aliphatic carbocycles. The summed E-state index contributed by atoms with van der Waals surface area (Å²) in [7, 11) is 2.77. The predicted octanol–water partition coefficient (Wildman–Crippen LogP) is 4.86. The molecule has 4 fully saturated rings. The van der Waals surface area contributed by atoms with Gasteiger partial charge < -0.3 is 0 Å². The van der Waals surface area contributed by atoms with Crippen molar-refractivity contribution in [1.82, 2.24) is 0 Å². The van der Waals surface area contributed by atoms with E-state index in [4.69, 9.17) is 0 Å². The number of carbonyl (C=O) groups is 1. The maximum absolute atomic E-state index is 12.5. The quantitative estimate of drug-likeness (QED) is 0.644. The zero-order valence-corrected chi connectivity index (χ0v) is 11.4. The summed E-state index contributed by atoms with van der Waals surface area (Å²) in [6, 6.07) is 0. The van der Waals surface area contributed by atoms with Crippen molar-refractivity contribution in [2.24, 2.45) is 23.2 Å². The van der Waals surface area contributed by atoms with E-state index in [2.05, 4.69) is 0 Å². The first-order chi connectivity index (χ1) is 7.25. The Labute approximate surface area is 94.7 Å². The third-order valence-corrected chi connectivity index (χ3v) is 11.4. The lowest BCUT2D eigenvalue weighted by atomic mass is 9.50. The minimum Gasteiger partial charge on any atom is -0.292 e. The first-order valence-electron chi connectivity index (χ1n) is 6.01. The van der Waals surface area contributed by atoms with Crippen LogP contribution in [0, 0.1) is 23.2 Å². The first-order valence-corrected chi connectivity index (χ1v) is 11.3. The maximum atomic E-state index is 12.5.